The van der Waals surface area contributed by atoms with Crippen LogP contribution in [0.2, 0.25) is 0 Å². The molecule has 1 rings (SSSR count). The zero-order chi connectivity index (χ0) is 13.2. The lowest BCUT2D eigenvalue weighted by molar-refractivity contribution is -0.123. The third kappa shape index (κ3) is 2.80. The van der Waals surface area contributed by atoms with Crippen LogP contribution in [0.15, 0.2) is 6.20 Å². The Labute approximate surface area is 93.8 Å². The molecule has 6 nitrogen and oxygen atoms in total. The number of nitrogens with one attached hydrogen (secondary N) is 1. The molecule has 0 bridgehead atoms. The fourth-order valence-corrected chi connectivity index (χ4v) is 1.04. The van der Waals surface area contributed by atoms with Gasteiger partial charge in [0.15, 0.2) is 5.69 Å². The number of hydrogen-bond acceptors (Lipinski definition) is 4. The summed E-state index contributed by atoms with van der Waals surface area (Å²) in [5, 5.41) is 8.69. The second-order valence-electron chi connectivity index (χ2n) is 3.20. The fraction of sp³-hybridized carbons (Fsp3) is 0.500. The number of carbonyl (C=O) groups excluding carboxylic acids is 2. The van der Waals surface area contributed by atoms with Crippen molar-refractivity contribution in [3.63, 3.8) is 0 Å². The first-order valence-corrected chi connectivity index (χ1v) is 4.52. The molecule has 17 heavy (non-hydrogen) atoms. The van der Waals surface area contributed by atoms with Gasteiger partial charge in [0.05, 0.1) is 6.20 Å². The Morgan fingerprint density at radius 2 is 2.06 bits per heavy atom. The van der Waals surface area contributed by atoms with Crippen molar-refractivity contribution in [1.29, 1.82) is 0 Å². The second-order valence-corrected chi connectivity index (χ2v) is 3.20. The molecule has 0 saturated heterocycles. The Morgan fingerprint density at radius 3 is 2.53 bits per heavy atom. The first kappa shape index (κ1) is 13.1. The third-order valence-corrected chi connectivity index (χ3v) is 2.02. The molecule has 1 atom stereocenters. The van der Waals surface area contributed by atoms with E-state index in [0.29, 0.717) is 0 Å². The number of nitrogens with zero attached hydrogens (tertiary/aromatic N) is 3. The summed E-state index contributed by atoms with van der Waals surface area (Å²) in [5.74, 6) is -2.55. The SMILES string of the molecule is CNC(=O)C(C)n1cc(C(=O)C(F)(F)F)nn1. The van der Waals surface area contributed by atoms with Crippen molar-refractivity contribution < 1.29 is 22.8 Å². The number of halogens is 3. The molecule has 1 amide bonds. The van der Waals surface area contributed by atoms with Gasteiger partial charge in [-0.25, -0.2) is 4.68 Å². The van der Waals surface area contributed by atoms with Gasteiger partial charge in [-0.1, -0.05) is 5.21 Å². The lowest BCUT2D eigenvalue weighted by Crippen LogP contribution is -2.28. The molecule has 0 fully saturated rings. The largest absolute Gasteiger partial charge is 0.456 e. The minimum atomic E-state index is -5.00. The fourth-order valence-electron chi connectivity index (χ4n) is 1.04. The highest BCUT2D eigenvalue weighted by atomic mass is 19.4. The summed E-state index contributed by atoms with van der Waals surface area (Å²) in [5.41, 5.74) is -0.840. The third-order valence-electron chi connectivity index (χ3n) is 2.02. The van der Waals surface area contributed by atoms with E-state index in [1.54, 1.807) is 0 Å². The van der Waals surface area contributed by atoms with Gasteiger partial charge in [-0.15, -0.1) is 5.10 Å². The maximum Gasteiger partial charge on any atom is 0.456 e. The molecule has 0 aliphatic carbocycles. The van der Waals surface area contributed by atoms with Gasteiger partial charge < -0.3 is 5.32 Å². The van der Waals surface area contributed by atoms with E-state index >= 15 is 0 Å². The monoisotopic (exact) mass is 250 g/mol. The van der Waals surface area contributed by atoms with Gasteiger partial charge in [-0.3, -0.25) is 9.59 Å². The summed E-state index contributed by atoms with van der Waals surface area (Å²) in [7, 11) is 1.37. The van der Waals surface area contributed by atoms with Crippen LogP contribution in [0.1, 0.15) is 23.5 Å². The Kier molecular flexibility index (Phi) is 3.49. The van der Waals surface area contributed by atoms with Crippen molar-refractivity contribution in [3.8, 4) is 0 Å². The maximum absolute atomic E-state index is 12.1. The van der Waals surface area contributed by atoms with E-state index in [9.17, 15) is 22.8 Å². The van der Waals surface area contributed by atoms with Gasteiger partial charge in [-0.2, -0.15) is 13.2 Å². The van der Waals surface area contributed by atoms with Crippen molar-refractivity contribution in [2.75, 3.05) is 7.05 Å². The summed E-state index contributed by atoms with van der Waals surface area (Å²) < 4.78 is 37.1. The summed E-state index contributed by atoms with van der Waals surface area (Å²) >= 11 is 0. The number of aromatic nitrogens is 3. The molecule has 9 heteroatoms. The molecule has 1 aromatic heterocycles. The van der Waals surface area contributed by atoms with Crippen LogP contribution in [0.4, 0.5) is 13.2 Å². The summed E-state index contributed by atoms with van der Waals surface area (Å²) in [4.78, 5) is 22.0. The van der Waals surface area contributed by atoms with E-state index in [-0.39, 0.29) is 0 Å². The lowest BCUT2D eigenvalue weighted by Gasteiger charge is -2.08. The molecule has 1 N–H and O–H groups in total. The van der Waals surface area contributed by atoms with E-state index in [1.165, 1.54) is 14.0 Å². The van der Waals surface area contributed by atoms with E-state index in [0.717, 1.165) is 10.9 Å². The molecule has 94 valence electrons. The van der Waals surface area contributed by atoms with Crippen LogP contribution < -0.4 is 5.32 Å². The molecule has 0 saturated carbocycles. The maximum atomic E-state index is 12.1. The number of amides is 1. The quantitative estimate of drug-likeness (QED) is 0.784. The molecule has 1 unspecified atom stereocenters. The molecule has 0 aromatic carbocycles. The zero-order valence-electron chi connectivity index (χ0n) is 8.95. The van der Waals surface area contributed by atoms with Crippen LogP contribution in [-0.2, 0) is 4.79 Å². The molecular weight excluding hydrogens is 241 g/mol. The normalized spacial score (nSPS) is 13.2. The van der Waals surface area contributed by atoms with Crippen LogP contribution in [0.3, 0.4) is 0 Å². The minimum absolute atomic E-state index is 0.457. The van der Waals surface area contributed by atoms with Crippen molar-refractivity contribution in [1.82, 2.24) is 20.3 Å². The van der Waals surface area contributed by atoms with Crippen LogP contribution >= 0.6 is 0 Å². The van der Waals surface area contributed by atoms with E-state index in [4.69, 9.17) is 0 Å². The molecule has 0 aliphatic rings. The predicted octanol–water partition coefficient (Wildman–Crippen LogP) is 0.330. The highest BCUT2D eigenvalue weighted by Gasteiger charge is 2.41. The first-order chi connectivity index (χ1) is 7.77. The number of likely N-dealkylation sites (N-methyl/N-ethyl adjacent to an activating group) is 1. The number of rotatable bonds is 3. The van der Waals surface area contributed by atoms with Crippen LogP contribution in [0.25, 0.3) is 0 Å². The number of alkyl halides is 3. The average Bonchev–Trinajstić information content (AvgIpc) is 2.73. The number of ketones is 1. The zero-order valence-corrected chi connectivity index (χ0v) is 8.95. The molecule has 1 heterocycles. The number of Topliss-reactive ketones (excluding diaryl/α,β-unsaturated/α-hetero) is 1. The van der Waals surface area contributed by atoms with Crippen molar-refractivity contribution in [3.05, 3.63) is 11.9 Å². The summed E-state index contributed by atoms with van der Waals surface area (Å²) in [6, 6.07) is -0.845. The van der Waals surface area contributed by atoms with Crippen LogP contribution in [0, 0.1) is 0 Å². The van der Waals surface area contributed by atoms with Gasteiger partial charge in [0.2, 0.25) is 5.91 Å². The van der Waals surface area contributed by atoms with Gasteiger partial charge in [0.25, 0.3) is 5.78 Å². The number of carbonyl (C=O) groups is 2. The summed E-state index contributed by atoms with van der Waals surface area (Å²) in [6.07, 6.45) is -4.22. The highest BCUT2D eigenvalue weighted by molar-refractivity contribution is 5.98. The highest BCUT2D eigenvalue weighted by Crippen LogP contribution is 2.20. The van der Waals surface area contributed by atoms with Gasteiger partial charge >= 0.3 is 6.18 Å². The van der Waals surface area contributed by atoms with Crippen molar-refractivity contribution in [2.45, 2.75) is 19.1 Å². The number of hydrogen-bond donors (Lipinski definition) is 1. The van der Waals surface area contributed by atoms with E-state index in [1.807, 2.05) is 0 Å². The van der Waals surface area contributed by atoms with Gasteiger partial charge in [-0.05, 0) is 6.92 Å². The Hall–Kier alpha value is -1.93. The molecular formula is C8H9F3N4O2. The van der Waals surface area contributed by atoms with Crippen molar-refractivity contribution >= 4 is 11.7 Å². The Morgan fingerprint density at radius 1 is 1.47 bits per heavy atom. The molecule has 0 radical (unpaired) electrons. The van der Waals surface area contributed by atoms with Crippen LogP contribution in [-0.4, -0.2) is 39.9 Å². The van der Waals surface area contributed by atoms with Crippen molar-refractivity contribution in [2.24, 2.45) is 0 Å². The summed E-state index contributed by atoms with van der Waals surface area (Å²) in [6.45, 7) is 1.41. The van der Waals surface area contributed by atoms with Gasteiger partial charge in [0.1, 0.15) is 6.04 Å². The predicted molar refractivity (Wildman–Crippen MR) is 49.2 cm³/mol. The Bertz CT molecular complexity index is 440. The van der Waals surface area contributed by atoms with Gasteiger partial charge in [0, 0.05) is 7.05 Å². The molecule has 0 aliphatic heterocycles. The topological polar surface area (TPSA) is 76.9 Å². The van der Waals surface area contributed by atoms with E-state index < -0.39 is 29.6 Å². The second kappa shape index (κ2) is 4.52. The Balaban J connectivity index is 2.93. The van der Waals surface area contributed by atoms with Crippen LogP contribution in [0.5, 0.6) is 0 Å². The first-order valence-electron chi connectivity index (χ1n) is 4.52. The lowest BCUT2D eigenvalue weighted by atomic mass is 10.3. The molecule has 0 spiro atoms. The smallest absolute Gasteiger partial charge is 0.357 e. The average molecular weight is 250 g/mol. The van der Waals surface area contributed by atoms with E-state index in [2.05, 4.69) is 15.6 Å². The molecule has 1 aromatic rings. The minimum Gasteiger partial charge on any atom is -0.357 e. The standard InChI is InChI=1S/C8H9F3N4O2/c1-4(7(17)12-2)15-3-5(13-14-15)6(16)8(9,10)11/h3-4H,1-2H3,(H,12,17).